The Morgan fingerprint density at radius 1 is 1.33 bits per heavy atom. The number of carbonyl (C=O) groups excluding carboxylic acids is 2. The van der Waals surface area contributed by atoms with Gasteiger partial charge < -0.3 is 25.5 Å². The molecule has 2 N–H and O–H groups in total. The van der Waals surface area contributed by atoms with E-state index in [4.69, 9.17) is 5.73 Å². The maximum Gasteiger partial charge on any atom is 1.00 e. The third kappa shape index (κ3) is 10.4. The summed E-state index contributed by atoms with van der Waals surface area (Å²) in [6, 6.07) is -1.21. The Morgan fingerprint density at radius 3 is 2.00 bits per heavy atom. The molecule has 1 atom stereocenters. The Hall–Kier alpha value is 0.419. The topological polar surface area (TPSA) is 106 Å². The van der Waals surface area contributed by atoms with Crippen LogP contribution in [0.25, 0.3) is 0 Å². The SMILES string of the molecule is N[C@@H](CCC(=O)[O-])C(=O)[O-].[Cu+].[Na+]. The molecule has 0 unspecified atom stereocenters. The van der Waals surface area contributed by atoms with E-state index in [9.17, 15) is 19.8 Å². The van der Waals surface area contributed by atoms with Gasteiger partial charge in [-0.05, 0) is 12.8 Å². The van der Waals surface area contributed by atoms with Crippen LogP contribution in [0.1, 0.15) is 12.8 Å². The molecule has 0 aliphatic rings. The molecule has 0 bridgehead atoms. The largest absolute Gasteiger partial charge is 1.00 e. The third-order valence-corrected chi connectivity index (χ3v) is 0.962. The average Bonchev–Trinajstić information content (AvgIpc) is 1.82. The van der Waals surface area contributed by atoms with E-state index in [1.807, 2.05) is 0 Å². The standard InChI is InChI=1S/C5H9NO4.Cu.Na/c6-3(5(9)10)1-2-4(7)8;;/h3H,1-2,6H2,(H,7,8)(H,9,10);;/q;2*+1/p-2/t3-;;/m0../s1. The number of carboxylic acids is 2. The van der Waals surface area contributed by atoms with Crippen molar-refractivity contribution in [3.05, 3.63) is 0 Å². The number of aliphatic carboxylic acids is 2. The summed E-state index contributed by atoms with van der Waals surface area (Å²) in [7, 11) is 0. The number of hydrogen-bond acceptors (Lipinski definition) is 5. The Labute approximate surface area is 102 Å². The fraction of sp³-hybridized carbons (Fsp3) is 0.600. The predicted molar refractivity (Wildman–Crippen MR) is 27.2 cm³/mol. The first-order valence-corrected chi connectivity index (χ1v) is 2.70. The first kappa shape index (κ1) is 18.3. The van der Waals surface area contributed by atoms with Crippen molar-refractivity contribution >= 4 is 11.9 Å². The Bertz CT molecular complexity index is 154. The number of carbonyl (C=O) groups is 2. The van der Waals surface area contributed by atoms with Crippen molar-refractivity contribution in [3.63, 3.8) is 0 Å². The third-order valence-electron chi connectivity index (χ3n) is 0.962. The minimum Gasteiger partial charge on any atom is -0.550 e. The van der Waals surface area contributed by atoms with E-state index in [0.29, 0.717) is 0 Å². The summed E-state index contributed by atoms with van der Waals surface area (Å²) >= 11 is 0. The molecule has 0 aliphatic heterocycles. The number of nitrogens with two attached hydrogens (primary N) is 1. The molecule has 0 saturated carbocycles. The average molecular weight is 232 g/mol. The van der Waals surface area contributed by atoms with E-state index >= 15 is 0 Å². The van der Waals surface area contributed by atoms with Gasteiger partial charge in [0.1, 0.15) is 0 Å². The minimum absolute atomic E-state index is 0. The quantitative estimate of drug-likeness (QED) is 0.485. The van der Waals surface area contributed by atoms with Gasteiger partial charge in [-0.2, -0.15) is 0 Å². The molecule has 0 amide bonds. The Morgan fingerprint density at radius 2 is 1.75 bits per heavy atom. The minimum atomic E-state index is -1.44. The second kappa shape index (κ2) is 9.51. The van der Waals surface area contributed by atoms with Crippen LogP contribution in [0, 0.1) is 0 Å². The van der Waals surface area contributed by atoms with Crippen LogP contribution in [-0.2, 0) is 26.7 Å². The van der Waals surface area contributed by atoms with E-state index in [-0.39, 0.29) is 59.5 Å². The van der Waals surface area contributed by atoms with Crippen LogP contribution in [-0.4, -0.2) is 18.0 Å². The van der Waals surface area contributed by atoms with Crippen molar-refractivity contribution in [2.75, 3.05) is 0 Å². The fourth-order valence-corrected chi connectivity index (χ4v) is 0.391. The normalized spacial score (nSPS) is 10.4. The summed E-state index contributed by atoms with van der Waals surface area (Å²) in [5, 5.41) is 19.6. The second-order valence-electron chi connectivity index (χ2n) is 1.84. The van der Waals surface area contributed by atoms with Gasteiger partial charge in [-0.3, -0.25) is 0 Å². The zero-order chi connectivity index (χ0) is 8.15. The van der Waals surface area contributed by atoms with Crippen molar-refractivity contribution < 1.29 is 66.4 Å². The summed E-state index contributed by atoms with van der Waals surface area (Å²) in [6.45, 7) is 0. The number of carboxylic acid groups (broad SMARTS) is 2. The van der Waals surface area contributed by atoms with Crippen LogP contribution in [0.4, 0.5) is 0 Å². The summed E-state index contributed by atoms with van der Waals surface area (Å²) < 4.78 is 0. The van der Waals surface area contributed by atoms with Crippen molar-refractivity contribution in [3.8, 4) is 0 Å². The van der Waals surface area contributed by atoms with Gasteiger partial charge in [0.25, 0.3) is 0 Å². The molecule has 0 aromatic heterocycles. The van der Waals surface area contributed by atoms with Crippen LogP contribution in [0.15, 0.2) is 0 Å². The Kier molecular flexibility index (Phi) is 14.5. The van der Waals surface area contributed by atoms with Gasteiger partial charge in [0.05, 0.1) is 5.97 Å². The number of hydrogen-bond donors (Lipinski definition) is 1. The summed E-state index contributed by atoms with van der Waals surface area (Å²) in [5.74, 6) is -2.75. The van der Waals surface area contributed by atoms with Crippen molar-refractivity contribution in [2.24, 2.45) is 5.73 Å². The van der Waals surface area contributed by atoms with Gasteiger partial charge in [0.15, 0.2) is 0 Å². The maximum absolute atomic E-state index is 9.86. The van der Waals surface area contributed by atoms with Crippen LogP contribution in [0.3, 0.4) is 0 Å². The molecule has 12 heavy (non-hydrogen) atoms. The molecule has 0 aromatic rings. The van der Waals surface area contributed by atoms with Crippen LogP contribution in [0.2, 0.25) is 0 Å². The molecule has 0 aliphatic carbocycles. The van der Waals surface area contributed by atoms with E-state index in [1.54, 1.807) is 0 Å². The molecule has 68 valence electrons. The van der Waals surface area contributed by atoms with Crippen molar-refractivity contribution in [1.82, 2.24) is 0 Å². The summed E-state index contributed by atoms with van der Waals surface area (Å²) in [4.78, 5) is 19.6. The molecule has 0 heterocycles. The predicted octanol–water partition coefficient (Wildman–Crippen LogP) is -6.40. The molecule has 7 heteroatoms. The van der Waals surface area contributed by atoms with Crippen molar-refractivity contribution in [1.29, 1.82) is 0 Å². The van der Waals surface area contributed by atoms with Crippen LogP contribution in [0.5, 0.6) is 0 Å². The van der Waals surface area contributed by atoms with Crippen LogP contribution < -0.4 is 45.5 Å². The van der Waals surface area contributed by atoms with Crippen LogP contribution >= 0.6 is 0 Å². The van der Waals surface area contributed by atoms with Gasteiger partial charge in [0, 0.05) is 12.0 Å². The first-order chi connectivity index (χ1) is 4.54. The van der Waals surface area contributed by atoms with Gasteiger partial charge in [0.2, 0.25) is 0 Å². The van der Waals surface area contributed by atoms with E-state index in [2.05, 4.69) is 0 Å². The van der Waals surface area contributed by atoms with E-state index < -0.39 is 18.0 Å². The molecular weight excluding hydrogens is 225 g/mol. The zero-order valence-electron chi connectivity index (χ0n) is 6.50. The number of rotatable bonds is 4. The monoisotopic (exact) mass is 231 g/mol. The summed E-state index contributed by atoms with van der Waals surface area (Å²) in [5.41, 5.74) is 4.91. The zero-order valence-corrected chi connectivity index (χ0v) is 9.45. The molecule has 0 rings (SSSR count). The Balaban J connectivity index is -0.000000405. The van der Waals surface area contributed by atoms with E-state index in [1.165, 1.54) is 0 Å². The fourth-order valence-electron chi connectivity index (χ4n) is 0.391. The molecule has 0 saturated heterocycles. The molecule has 5 nitrogen and oxygen atoms in total. The molecule has 0 aromatic carbocycles. The molecule has 0 radical (unpaired) electrons. The smallest absolute Gasteiger partial charge is 0.550 e. The van der Waals surface area contributed by atoms with E-state index in [0.717, 1.165) is 0 Å². The second-order valence-corrected chi connectivity index (χ2v) is 1.84. The molecule has 0 fully saturated rings. The maximum atomic E-state index is 9.86. The van der Waals surface area contributed by atoms with Gasteiger partial charge in [-0.15, -0.1) is 0 Å². The van der Waals surface area contributed by atoms with Crippen molar-refractivity contribution in [2.45, 2.75) is 18.9 Å². The van der Waals surface area contributed by atoms with Gasteiger partial charge in [-0.1, -0.05) is 0 Å². The summed E-state index contributed by atoms with van der Waals surface area (Å²) in [6.07, 6.45) is -0.500. The first-order valence-electron chi connectivity index (χ1n) is 2.70. The van der Waals surface area contributed by atoms with Gasteiger partial charge >= 0.3 is 46.6 Å². The molecule has 0 spiro atoms. The molecular formula is C5H7CuNNaO4. The van der Waals surface area contributed by atoms with Gasteiger partial charge in [-0.25, -0.2) is 0 Å².